The molecule has 0 saturated heterocycles. The number of carbonyl (C=O) groups is 1. The van der Waals surface area contributed by atoms with Gasteiger partial charge in [-0.25, -0.2) is 0 Å². The zero-order chi connectivity index (χ0) is 23.6. The van der Waals surface area contributed by atoms with E-state index in [1.54, 1.807) is 0 Å². The molecular weight excluding hydrogens is 424 g/mol. The molecule has 0 atom stereocenters. The summed E-state index contributed by atoms with van der Waals surface area (Å²) in [5, 5.41) is 10.2. The van der Waals surface area contributed by atoms with E-state index in [-0.39, 0.29) is 5.56 Å². The number of alkyl halides is 3. The van der Waals surface area contributed by atoms with Crippen LogP contribution in [0.15, 0.2) is 18.2 Å². The fraction of sp³-hybridized carbons (Fsp3) is 0.708. The molecule has 0 heterocycles. The van der Waals surface area contributed by atoms with Gasteiger partial charge in [-0.2, -0.15) is 0 Å². The zero-order valence-corrected chi connectivity index (χ0v) is 20.5. The molecule has 31 heavy (non-hydrogen) atoms. The molecule has 0 aliphatic carbocycles. The van der Waals surface area contributed by atoms with Crippen molar-refractivity contribution in [3.63, 3.8) is 0 Å². The number of rotatable bonds is 14. The van der Waals surface area contributed by atoms with Gasteiger partial charge in [-0.15, -0.1) is 0 Å². The molecule has 1 aromatic carbocycles. The van der Waals surface area contributed by atoms with Crippen LogP contribution in [0.2, 0.25) is 0 Å². The third kappa shape index (κ3) is 7.66. The number of phenols is 1. The number of benzene rings is 1. The average molecular weight is 465 g/mol. The Bertz CT molecular complexity index is 660. The number of unbranched alkanes of at least 4 members (excludes halogenated alkanes) is 4. The second kappa shape index (κ2) is 12.1. The van der Waals surface area contributed by atoms with Crippen LogP contribution in [0.25, 0.3) is 0 Å². The Labute approximate surface area is 185 Å². The van der Waals surface area contributed by atoms with E-state index < -0.39 is 30.3 Å². The standard InChI is InChI=1S/C24H40F3O3P/c1-5-9-15-31(16-10-6-2,17-11-7-3,18-12-8-4)30-23(29)21-14-13-20(19-22(21)28)24(25,26)27/h13-14,19,28H,5-12,15-18H2,1-4H3. The van der Waals surface area contributed by atoms with Gasteiger partial charge in [0.25, 0.3) is 0 Å². The summed E-state index contributed by atoms with van der Waals surface area (Å²) in [6, 6.07) is 2.49. The normalized spacial score (nSPS) is 13.6. The fourth-order valence-electron chi connectivity index (χ4n) is 4.25. The third-order valence-corrected chi connectivity index (χ3v) is 12.7. The number of carbonyl (C=O) groups excluding carboxylic acids is 1. The van der Waals surface area contributed by atoms with Crippen molar-refractivity contribution in [2.75, 3.05) is 24.6 Å². The van der Waals surface area contributed by atoms with Gasteiger partial charge in [0.2, 0.25) is 0 Å². The monoisotopic (exact) mass is 464 g/mol. The Morgan fingerprint density at radius 1 is 0.871 bits per heavy atom. The quantitative estimate of drug-likeness (QED) is 0.282. The molecule has 0 spiro atoms. The van der Waals surface area contributed by atoms with E-state index in [0.717, 1.165) is 88.1 Å². The van der Waals surface area contributed by atoms with E-state index in [2.05, 4.69) is 27.7 Å². The first kappa shape index (κ1) is 27.7. The zero-order valence-electron chi connectivity index (χ0n) is 19.6. The summed E-state index contributed by atoms with van der Waals surface area (Å²) < 4.78 is 45.4. The van der Waals surface area contributed by atoms with Crippen LogP contribution in [-0.2, 0) is 10.7 Å². The van der Waals surface area contributed by atoms with Gasteiger partial charge < -0.3 is 0 Å². The molecule has 0 radical (unpaired) electrons. The summed E-state index contributed by atoms with van der Waals surface area (Å²) in [4.78, 5) is 13.3. The molecule has 7 heteroatoms. The Morgan fingerprint density at radius 2 is 1.29 bits per heavy atom. The summed E-state index contributed by atoms with van der Waals surface area (Å²) in [6.07, 6.45) is 6.65. The molecule has 0 saturated carbocycles. The Hall–Kier alpha value is -1.29. The van der Waals surface area contributed by atoms with Gasteiger partial charge in [-0.05, 0) is 0 Å². The number of aromatic hydroxyl groups is 1. The van der Waals surface area contributed by atoms with Crippen molar-refractivity contribution in [3.8, 4) is 5.75 Å². The van der Waals surface area contributed by atoms with Crippen LogP contribution in [0.1, 0.15) is 95.0 Å². The predicted molar refractivity (Wildman–Crippen MR) is 125 cm³/mol. The van der Waals surface area contributed by atoms with Crippen LogP contribution in [0.4, 0.5) is 13.2 Å². The molecule has 0 aromatic heterocycles. The average Bonchev–Trinajstić information content (AvgIpc) is 2.73. The molecule has 0 aliphatic heterocycles. The van der Waals surface area contributed by atoms with Gasteiger partial charge >= 0.3 is 185 Å². The van der Waals surface area contributed by atoms with Crippen LogP contribution in [0, 0.1) is 0 Å². The molecule has 180 valence electrons. The third-order valence-electron chi connectivity index (χ3n) is 6.20. The van der Waals surface area contributed by atoms with Crippen LogP contribution in [-0.4, -0.2) is 35.7 Å². The number of phenolic OH excluding ortho intramolecular Hbond substituents is 1. The molecule has 0 aliphatic rings. The molecule has 1 rings (SSSR count). The Kier molecular flexibility index (Phi) is 10.8. The van der Waals surface area contributed by atoms with Crippen LogP contribution >= 0.6 is 6.83 Å². The first-order valence-corrected chi connectivity index (χ1v) is 14.6. The van der Waals surface area contributed by atoms with Crippen LogP contribution in [0.3, 0.4) is 0 Å². The summed E-state index contributed by atoms with van der Waals surface area (Å²) >= 11 is 0. The summed E-state index contributed by atoms with van der Waals surface area (Å²) in [7, 11) is 0. The number of halogens is 3. The molecule has 1 aromatic rings. The molecule has 0 fully saturated rings. The van der Waals surface area contributed by atoms with Crippen molar-refractivity contribution in [1.82, 2.24) is 0 Å². The summed E-state index contributed by atoms with van der Waals surface area (Å²) in [6.45, 7) is 5.55. The van der Waals surface area contributed by atoms with Gasteiger partial charge in [-0.1, -0.05) is 0 Å². The SMILES string of the molecule is CCCCP(CCCC)(CCCC)(CCCC)OC(=O)c1ccc(C(F)(F)F)cc1O. The van der Waals surface area contributed by atoms with Crippen molar-refractivity contribution in [2.24, 2.45) is 0 Å². The Balaban J connectivity index is 3.43. The predicted octanol–water partition coefficient (Wildman–Crippen LogP) is 8.24. The second-order valence-corrected chi connectivity index (χ2v) is 14.5. The van der Waals surface area contributed by atoms with Gasteiger partial charge in [0, 0.05) is 0 Å². The fourth-order valence-corrected chi connectivity index (χ4v) is 11.0. The summed E-state index contributed by atoms with van der Waals surface area (Å²) in [5.41, 5.74) is -1.16. The molecule has 3 nitrogen and oxygen atoms in total. The number of hydrogen-bond donors (Lipinski definition) is 1. The van der Waals surface area contributed by atoms with Gasteiger partial charge in [0.15, 0.2) is 0 Å². The molecule has 0 unspecified atom stereocenters. The van der Waals surface area contributed by atoms with Gasteiger partial charge in [-0.3, -0.25) is 0 Å². The molecule has 1 N–H and O–H groups in total. The maximum atomic E-state index is 13.3. The molecular formula is C24H40F3O3P. The van der Waals surface area contributed by atoms with Crippen molar-refractivity contribution in [2.45, 2.75) is 85.2 Å². The topological polar surface area (TPSA) is 46.5 Å². The Morgan fingerprint density at radius 3 is 1.61 bits per heavy atom. The van der Waals surface area contributed by atoms with E-state index in [0.29, 0.717) is 6.07 Å². The molecule has 0 amide bonds. The van der Waals surface area contributed by atoms with Crippen molar-refractivity contribution >= 4 is 12.8 Å². The van der Waals surface area contributed by atoms with Crippen molar-refractivity contribution < 1.29 is 27.6 Å². The van der Waals surface area contributed by atoms with Gasteiger partial charge in [0.1, 0.15) is 0 Å². The van der Waals surface area contributed by atoms with Gasteiger partial charge in [0.05, 0.1) is 0 Å². The van der Waals surface area contributed by atoms with Crippen LogP contribution in [0.5, 0.6) is 5.75 Å². The summed E-state index contributed by atoms with van der Waals surface area (Å²) in [5.74, 6) is -1.35. The second-order valence-electron chi connectivity index (χ2n) is 8.78. The van der Waals surface area contributed by atoms with Crippen LogP contribution < -0.4 is 0 Å². The van der Waals surface area contributed by atoms with Crippen molar-refractivity contribution in [3.05, 3.63) is 29.3 Å². The maximum absolute atomic E-state index is 13.3. The minimum atomic E-state index is -4.58. The van der Waals surface area contributed by atoms with E-state index in [1.807, 2.05) is 0 Å². The first-order valence-electron chi connectivity index (χ1n) is 11.7. The van der Waals surface area contributed by atoms with E-state index in [9.17, 15) is 23.1 Å². The number of hydrogen-bond acceptors (Lipinski definition) is 3. The van der Waals surface area contributed by atoms with Crippen molar-refractivity contribution in [1.29, 1.82) is 0 Å². The van der Waals surface area contributed by atoms with E-state index in [4.69, 9.17) is 4.52 Å². The first-order chi connectivity index (χ1) is 14.6. The van der Waals surface area contributed by atoms with E-state index in [1.165, 1.54) is 0 Å². The van der Waals surface area contributed by atoms with E-state index >= 15 is 0 Å². The molecule has 0 bridgehead atoms. The minimum absolute atomic E-state index is 0.178.